The molecule has 0 bridgehead atoms. The van der Waals surface area contributed by atoms with E-state index < -0.39 is 5.97 Å². The molecule has 0 spiro atoms. The van der Waals surface area contributed by atoms with Crippen LogP contribution >= 0.6 is 0 Å². The van der Waals surface area contributed by atoms with Crippen LogP contribution in [0.5, 0.6) is 5.75 Å². The number of pyridine rings is 2. The number of fused-ring (bicyclic) bond motifs is 4. The first kappa shape index (κ1) is 25.5. The van der Waals surface area contributed by atoms with Crippen LogP contribution in [0.1, 0.15) is 46.6 Å². The maximum absolute atomic E-state index is 10.1. The maximum Gasteiger partial charge on any atom is 0.354 e. The molecule has 1 radical (unpaired) electrons. The fourth-order valence-corrected chi connectivity index (χ4v) is 4.09. The molecule has 0 fully saturated rings. The largest absolute Gasteiger partial charge is 0.506 e. The fourth-order valence-electron chi connectivity index (χ4n) is 4.09. The first-order chi connectivity index (χ1) is 15.8. The average molecular weight is 632 g/mol. The van der Waals surface area contributed by atoms with Gasteiger partial charge >= 0.3 is 5.97 Å². The molecule has 1 aliphatic heterocycles. The van der Waals surface area contributed by atoms with E-state index in [-0.39, 0.29) is 25.8 Å². The summed E-state index contributed by atoms with van der Waals surface area (Å²) in [6.45, 7) is 9.32. The van der Waals surface area contributed by atoms with E-state index in [1.54, 1.807) is 12.1 Å². The van der Waals surface area contributed by atoms with Gasteiger partial charge in [0.15, 0.2) is 0 Å². The molecule has 0 atom stereocenters. The van der Waals surface area contributed by atoms with Crippen LogP contribution in [0.4, 0.5) is 0 Å². The second-order valence-electron chi connectivity index (χ2n) is 8.71. The molecule has 0 amide bonds. The van der Waals surface area contributed by atoms with Gasteiger partial charge in [0.05, 0.1) is 12.1 Å². The zero-order chi connectivity index (χ0) is 23.5. The molecular weight excluding hydrogens is 605 g/mol. The van der Waals surface area contributed by atoms with Gasteiger partial charge in [-0.25, -0.2) is 9.78 Å². The van der Waals surface area contributed by atoms with Crippen LogP contribution in [0, 0.1) is 25.8 Å². The second kappa shape index (κ2) is 10.9. The van der Waals surface area contributed by atoms with E-state index in [0.717, 1.165) is 34.5 Å². The molecule has 34 heavy (non-hydrogen) atoms. The van der Waals surface area contributed by atoms with E-state index in [9.17, 15) is 4.79 Å². The van der Waals surface area contributed by atoms with Gasteiger partial charge in [0.1, 0.15) is 11.4 Å². The number of carboxylic acids is 1. The normalized spacial score (nSPS) is 11.4. The Labute approximate surface area is 213 Å². The first-order valence-electron chi connectivity index (χ1n) is 11.1. The van der Waals surface area contributed by atoms with Gasteiger partial charge < -0.3 is 9.84 Å². The van der Waals surface area contributed by atoms with E-state index in [1.807, 2.05) is 0 Å². The third-order valence-corrected chi connectivity index (χ3v) is 5.57. The molecule has 5 nitrogen and oxygen atoms in total. The summed E-state index contributed by atoms with van der Waals surface area (Å²) in [5, 5.41) is 9.53. The number of ether oxygens (including phenoxy) is 1. The molecular formula is C28H27IrN2O3-. The van der Waals surface area contributed by atoms with Gasteiger partial charge in [-0.3, -0.25) is 4.98 Å². The Kier molecular flexibility index (Phi) is 8.19. The Morgan fingerprint density at radius 2 is 1.94 bits per heavy atom. The number of aryl methyl sites for hydroxylation is 2. The van der Waals surface area contributed by atoms with Gasteiger partial charge in [-0.1, -0.05) is 51.5 Å². The summed E-state index contributed by atoms with van der Waals surface area (Å²) >= 11 is 0. The number of carbonyl (C=O) groups is 1. The zero-order valence-electron chi connectivity index (χ0n) is 19.7. The molecule has 177 valence electrons. The summed E-state index contributed by atoms with van der Waals surface area (Å²) in [7, 11) is 0. The molecule has 2 aromatic carbocycles. The van der Waals surface area contributed by atoms with Crippen molar-refractivity contribution in [1.82, 2.24) is 9.97 Å². The van der Waals surface area contributed by atoms with Crippen LogP contribution in [-0.4, -0.2) is 21.0 Å². The average Bonchev–Trinajstić information content (AvgIpc) is 2.79. The van der Waals surface area contributed by atoms with Crippen LogP contribution < -0.4 is 4.74 Å². The van der Waals surface area contributed by atoms with Gasteiger partial charge in [-0.05, 0) is 42.2 Å². The molecule has 0 unspecified atom stereocenters. The van der Waals surface area contributed by atoms with Crippen molar-refractivity contribution in [2.24, 2.45) is 5.92 Å². The van der Waals surface area contributed by atoms with E-state index in [2.05, 4.69) is 69.1 Å². The van der Waals surface area contributed by atoms with Gasteiger partial charge in [0.2, 0.25) is 0 Å². The minimum Gasteiger partial charge on any atom is -0.506 e. The number of rotatable bonds is 3. The molecule has 1 aliphatic rings. The maximum atomic E-state index is 10.1. The third-order valence-electron chi connectivity index (χ3n) is 5.57. The smallest absolute Gasteiger partial charge is 0.354 e. The Hall–Kier alpha value is -3.08. The van der Waals surface area contributed by atoms with Crippen molar-refractivity contribution in [2.45, 2.75) is 40.7 Å². The number of benzene rings is 2. The standard InChI is InChI=1S/C22H22NO.C6H5NO2.Ir/c1-13(2)8-16-6-5-7-20-17(16)11-21-22(23-20)18-10-14(3)9-15(4)19(18)12-24-21;8-6(9)5-3-1-2-4-7-5;/h5-7,9,11,13H,8,12H2,1-4H3;1-4H,(H,8,9);/q-1;;. The van der Waals surface area contributed by atoms with E-state index in [1.165, 1.54) is 34.3 Å². The number of hydrogen-bond acceptors (Lipinski definition) is 4. The topological polar surface area (TPSA) is 72.3 Å². The molecule has 4 aromatic rings. The Morgan fingerprint density at radius 1 is 1.15 bits per heavy atom. The minimum absolute atomic E-state index is 0. The van der Waals surface area contributed by atoms with E-state index in [0.29, 0.717) is 12.5 Å². The number of hydrogen-bond donors (Lipinski definition) is 1. The van der Waals surface area contributed by atoms with E-state index >= 15 is 0 Å². The molecule has 6 heteroatoms. The van der Waals surface area contributed by atoms with Gasteiger partial charge in [-0.15, -0.1) is 28.8 Å². The quantitative estimate of drug-likeness (QED) is 0.273. The summed E-state index contributed by atoms with van der Waals surface area (Å²) in [6.07, 6.45) is 2.50. The molecule has 0 saturated heterocycles. The first-order valence-corrected chi connectivity index (χ1v) is 11.1. The van der Waals surface area contributed by atoms with E-state index in [4.69, 9.17) is 14.8 Å². The summed E-state index contributed by atoms with van der Waals surface area (Å²) in [5.41, 5.74) is 8.10. The molecule has 1 N–H and O–H groups in total. The van der Waals surface area contributed by atoms with Crippen molar-refractivity contribution < 1.29 is 34.7 Å². The second-order valence-corrected chi connectivity index (χ2v) is 8.71. The third kappa shape index (κ3) is 5.52. The summed E-state index contributed by atoms with van der Waals surface area (Å²) in [6, 6.07) is 19.0. The Bertz CT molecular complexity index is 1320. The van der Waals surface area contributed by atoms with Gasteiger partial charge in [0.25, 0.3) is 0 Å². The van der Waals surface area contributed by atoms with Crippen molar-refractivity contribution in [3.8, 4) is 17.0 Å². The predicted molar refractivity (Wildman–Crippen MR) is 130 cm³/mol. The summed E-state index contributed by atoms with van der Waals surface area (Å²) < 4.78 is 6.06. The van der Waals surface area contributed by atoms with Crippen molar-refractivity contribution in [1.29, 1.82) is 0 Å². The predicted octanol–water partition coefficient (Wildman–Crippen LogP) is 6.19. The Morgan fingerprint density at radius 3 is 2.59 bits per heavy atom. The number of aromatic carboxylic acids is 1. The molecule has 3 heterocycles. The van der Waals surface area contributed by atoms with Crippen LogP contribution in [-0.2, 0) is 33.1 Å². The molecule has 5 rings (SSSR count). The van der Waals surface area contributed by atoms with Crippen LogP contribution in [0.2, 0.25) is 0 Å². The van der Waals surface area contributed by atoms with Crippen LogP contribution in [0.25, 0.3) is 22.2 Å². The number of nitrogens with zero attached hydrogens (tertiary/aromatic N) is 2. The molecule has 0 aliphatic carbocycles. The summed E-state index contributed by atoms with van der Waals surface area (Å²) in [5.74, 6) is 0.509. The van der Waals surface area contributed by atoms with Crippen molar-refractivity contribution >= 4 is 16.9 Å². The van der Waals surface area contributed by atoms with Crippen molar-refractivity contribution in [3.05, 3.63) is 88.7 Å². The molecule has 2 aromatic heterocycles. The molecule has 0 saturated carbocycles. The van der Waals surface area contributed by atoms with Crippen molar-refractivity contribution in [3.63, 3.8) is 0 Å². The van der Waals surface area contributed by atoms with Crippen LogP contribution in [0.3, 0.4) is 0 Å². The van der Waals surface area contributed by atoms with Crippen LogP contribution in [0.15, 0.2) is 54.7 Å². The SMILES string of the molecule is Cc1[c-]c2c(c(C)c1)COc1cc3c(CC(C)C)cccc3nc1-2.O=C(O)c1ccccn1.[Ir]. The monoisotopic (exact) mass is 632 g/mol. The summed E-state index contributed by atoms with van der Waals surface area (Å²) in [4.78, 5) is 18.7. The zero-order valence-corrected chi connectivity index (χ0v) is 22.1. The minimum atomic E-state index is -0.990. The number of carboxylic acid groups (broad SMARTS) is 1. The Balaban J connectivity index is 0.000000275. The van der Waals surface area contributed by atoms with Gasteiger partial charge in [-0.2, -0.15) is 0 Å². The van der Waals surface area contributed by atoms with Crippen molar-refractivity contribution in [2.75, 3.05) is 0 Å². The van der Waals surface area contributed by atoms with Gasteiger partial charge in [0, 0.05) is 37.4 Å². The fraction of sp³-hybridized carbons (Fsp3) is 0.250. The number of aromatic nitrogens is 2.